The van der Waals surface area contributed by atoms with Gasteiger partial charge in [-0.25, -0.2) is 0 Å². The van der Waals surface area contributed by atoms with Gasteiger partial charge in [-0.1, -0.05) is 30.8 Å². The Morgan fingerprint density at radius 3 is 2.81 bits per heavy atom. The molecule has 3 aromatic carbocycles. The minimum Gasteiger partial charge on any atom is -0.496 e. The number of amides is 2. The number of allylic oxidation sites excluding steroid dienone is 1. The van der Waals surface area contributed by atoms with Crippen LogP contribution in [-0.2, 0) is 17.9 Å². The largest absolute Gasteiger partial charge is 0.496 e. The van der Waals surface area contributed by atoms with Gasteiger partial charge in [0.2, 0.25) is 5.91 Å². The molecule has 0 radical (unpaired) electrons. The van der Waals surface area contributed by atoms with Crippen LogP contribution in [-0.4, -0.2) is 29.9 Å². The number of piperidine rings is 1. The number of fused-ring (bicyclic) bond motifs is 2. The smallest absolute Gasteiger partial charge is 0.255 e. The lowest BCUT2D eigenvalue weighted by Crippen LogP contribution is -2.49. The molecule has 1 fully saturated rings. The topological polar surface area (TPSA) is 70.7 Å². The van der Waals surface area contributed by atoms with Gasteiger partial charge in [0, 0.05) is 35.4 Å². The molecule has 0 spiro atoms. The van der Waals surface area contributed by atoms with Gasteiger partial charge in [0.25, 0.3) is 5.91 Å². The molecule has 2 aliphatic heterocycles. The molecule has 0 bridgehead atoms. The molecular formula is C26H25N3O3. The lowest BCUT2D eigenvalue weighted by molar-refractivity contribution is -0.126. The van der Waals surface area contributed by atoms with Crippen LogP contribution in [0.25, 0.3) is 10.8 Å². The Hall–Kier alpha value is -3.80. The van der Waals surface area contributed by atoms with Crippen molar-refractivity contribution in [2.45, 2.75) is 32.0 Å². The van der Waals surface area contributed by atoms with Crippen molar-refractivity contribution < 1.29 is 14.3 Å². The van der Waals surface area contributed by atoms with E-state index in [0.717, 1.165) is 33.3 Å². The zero-order chi connectivity index (χ0) is 22.2. The van der Waals surface area contributed by atoms with Crippen molar-refractivity contribution in [2.24, 2.45) is 0 Å². The van der Waals surface area contributed by atoms with Gasteiger partial charge in [0.1, 0.15) is 11.8 Å². The fourth-order valence-electron chi connectivity index (χ4n) is 4.57. The van der Waals surface area contributed by atoms with Gasteiger partial charge in [-0.2, -0.15) is 0 Å². The molecule has 162 valence electrons. The molecule has 1 unspecified atom stereocenters. The first-order valence-corrected chi connectivity index (χ1v) is 10.8. The van der Waals surface area contributed by atoms with Crippen molar-refractivity contribution in [3.8, 4) is 5.75 Å². The predicted molar refractivity (Wildman–Crippen MR) is 124 cm³/mol. The number of nitrogens with one attached hydrogen (secondary N) is 2. The molecule has 3 aromatic rings. The second kappa shape index (κ2) is 8.04. The van der Waals surface area contributed by atoms with Crippen molar-refractivity contribution in [3.63, 3.8) is 0 Å². The summed E-state index contributed by atoms with van der Waals surface area (Å²) in [5, 5.41) is 8.45. The van der Waals surface area contributed by atoms with Crippen molar-refractivity contribution in [1.82, 2.24) is 10.2 Å². The Balaban J connectivity index is 1.32. The summed E-state index contributed by atoms with van der Waals surface area (Å²) in [4.78, 5) is 26.9. The molecule has 2 heterocycles. The van der Waals surface area contributed by atoms with E-state index in [1.807, 2.05) is 36.4 Å². The summed E-state index contributed by atoms with van der Waals surface area (Å²) in [5.74, 6) is 0.619. The van der Waals surface area contributed by atoms with Gasteiger partial charge in [-0.3, -0.25) is 9.59 Å². The van der Waals surface area contributed by atoms with Crippen LogP contribution >= 0.6 is 0 Å². The monoisotopic (exact) mass is 427 g/mol. The number of anilines is 1. The van der Waals surface area contributed by atoms with E-state index in [1.165, 1.54) is 0 Å². The van der Waals surface area contributed by atoms with Crippen molar-refractivity contribution in [2.75, 3.05) is 12.4 Å². The maximum atomic E-state index is 12.9. The average Bonchev–Trinajstić information content (AvgIpc) is 3.12. The molecular weight excluding hydrogens is 402 g/mol. The van der Waals surface area contributed by atoms with Crippen molar-refractivity contribution in [3.05, 3.63) is 83.6 Å². The first kappa shape index (κ1) is 20.1. The lowest BCUT2D eigenvalue weighted by Gasteiger charge is -2.30. The predicted octanol–water partition coefficient (Wildman–Crippen LogP) is 4.21. The summed E-state index contributed by atoms with van der Waals surface area (Å²) in [6.07, 6.45) is 1.30. The summed E-state index contributed by atoms with van der Waals surface area (Å²) < 4.78 is 5.57. The number of carbonyl (C=O) groups is 2. The normalized spacial score (nSPS) is 18.0. The number of hydrogen-bond acceptors (Lipinski definition) is 4. The number of ether oxygens (including phenoxy) is 1. The number of benzene rings is 3. The molecule has 2 amide bonds. The highest BCUT2D eigenvalue weighted by Gasteiger charge is 2.38. The molecule has 5 rings (SSSR count). The maximum Gasteiger partial charge on any atom is 0.255 e. The highest BCUT2D eigenvalue weighted by molar-refractivity contribution is 6.01. The number of carbonyl (C=O) groups excluding carboxylic acids is 2. The number of hydrogen-bond donors (Lipinski definition) is 2. The molecule has 0 aromatic heterocycles. The van der Waals surface area contributed by atoms with E-state index >= 15 is 0 Å². The third kappa shape index (κ3) is 3.58. The zero-order valence-corrected chi connectivity index (χ0v) is 18.0. The molecule has 2 aliphatic rings. The maximum absolute atomic E-state index is 12.9. The zero-order valence-electron chi connectivity index (χ0n) is 18.0. The standard InChI is InChI=1S/C26H25N3O3/c1-16-7-10-23(25(30)28-16)29-15-19-13-20(8-9-22(19)26(29)31)27-14-17-11-18-5-3-4-6-21(18)24(12-17)32-2/h3-6,8-9,11-13,23,27H,1,7,10,14-15H2,2H3,(H,28,30). The van der Waals surface area contributed by atoms with Crippen molar-refractivity contribution in [1.29, 1.82) is 0 Å². The van der Waals surface area contributed by atoms with E-state index in [2.05, 4.69) is 35.4 Å². The van der Waals surface area contributed by atoms with Gasteiger partial charge >= 0.3 is 0 Å². The highest BCUT2D eigenvalue weighted by Crippen LogP contribution is 2.31. The van der Waals surface area contributed by atoms with Gasteiger partial charge in [0.15, 0.2) is 0 Å². The molecule has 0 saturated carbocycles. The Kier molecular flexibility index (Phi) is 5.05. The Morgan fingerprint density at radius 1 is 1.16 bits per heavy atom. The summed E-state index contributed by atoms with van der Waals surface area (Å²) in [7, 11) is 1.69. The number of rotatable bonds is 5. The summed E-state index contributed by atoms with van der Waals surface area (Å²) in [5.41, 5.74) is 4.37. The van der Waals surface area contributed by atoms with Crippen LogP contribution in [0.15, 0.2) is 66.9 Å². The second-order valence-corrected chi connectivity index (χ2v) is 8.33. The van der Waals surface area contributed by atoms with Crippen LogP contribution in [0.2, 0.25) is 0 Å². The van der Waals surface area contributed by atoms with Crippen LogP contribution in [0.4, 0.5) is 5.69 Å². The van der Waals surface area contributed by atoms with Gasteiger partial charge in [-0.05, 0) is 59.7 Å². The van der Waals surface area contributed by atoms with Crippen LogP contribution in [0.5, 0.6) is 5.75 Å². The second-order valence-electron chi connectivity index (χ2n) is 8.33. The van der Waals surface area contributed by atoms with Crippen LogP contribution in [0.1, 0.15) is 34.3 Å². The van der Waals surface area contributed by atoms with E-state index in [0.29, 0.717) is 37.2 Å². The SMILES string of the molecule is C=C1CCC(N2Cc3cc(NCc4cc(OC)c5ccccc5c4)ccc3C2=O)C(=O)N1. The van der Waals surface area contributed by atoms with E-state index in [4.69, 9.17) is 4.74 Å². The Bertz CT molecular complexity index is 1250. The van der Waals surface area contributed by atoms with Crippen molar-refractivity contribution >= 4 is 28.3 Å². The Labute approximate surface area is 186 Å². The summed E-state index contributed by atoms with van der Waals surface area (Å²) in [6, 6.07) is 17.7. The van der Waals surface area contributed by atoms with Gasteiger partial charge in [-0.15, -0.1) is 0 Å². The fraction of sp³-hybridized carbons (Fsp3) is 0.231. The van der Waals surface area contributed by atoms with E-state index in [9.17, 15) is 9.59 Å². The third-order valence-electron chi connectivity index (χ3n) is 6.24. The first-order valence-electron chi connectivity index (χ1n) is 10.8. The van der Waals surface area contributed by atoms with E-state index < -0.39 is 6.04 Å². The summed E-state index contributed by atoms with van der Waals surface area (Å²) in [6.45, 7) is 4.89. The highest BCUT2D eigenvalue weighted by atomic mass is 16.5. The Morgan fingerprint density at radius 2 is 2.00 bits per heavy atom. The molecule has 1 saturated heterocycles. The molecule has 32 heavy (non-hydrogen) atoms. The molecule has 2 N–H and O–H groups in total. The lowest BCUT2D eigenvalue weighted by atomic mass is 10.0. The van der Waals surface area contributed by atoms with Crippen LogP contribution < -0.4 is 15.4 Å². The van der Waals surface area contributed by atoms with Crippen LogP contribution in [0.3, 0.4) is 0 Å². The number of nitrogens with zero attached hydrogens (tertiary/aromatic N) is 1. The van der Waals surface area contributed by atoms with E-state index in [1.54, 1.807) is 12.0 Å². The minimum absolute atomic E-state index is 0.0847. The molecule has 6 heteroatoms. The van der Waals surface area contributed by atoms with Gasteiger partial charge in [0.05, 0.1) is 7.11 Å². The number of methoxy groups -OCH3 is 1. The molecule has 1 atom stereocenters. The molecule has 6 nitrogen and oxygen atoms in total. The van der Waals surface area contributed by atoms with E-state index in [-0.39, 0.29) is 11.8 Å². The summed E-state index contributed by atoms with van der Waals surface area (Å²) >= 11 is 0. The van der Waals surface area contributed by atoms with Gasteiger partial charge < -0.3 is 20.3 Å². The average molecular weight is 428 g/mol. The third-order valence-corrected chi connectivity index (χ3v) is 6.24. The van der Waals surface area contributed by atoms with Crippen LogP contribution in [0, 0.1) is 0 Å². The molecule has 0 aliphatic carbocycles. The first-order chi connectivity index (χ1) is 15.5. The minimum atomic E-state index is -0.443. The quantitative estimate of drug-likeness (QED) is 0.640. The fourth-order valence-corrected chi connectivity index (χ4v) is 4.57.